The smallest absolute Gasteiger partial charge is 0.294 e. The van der Waals surface area contributed by atoms with Gasteiger partial charge in [-0.05, 0) is 12.3 Å². The first-order valence-corrected chi connectivity index (χ1v) is 3.64. The fourth-order valence-corrected chi connectivity index (χ4v) is 1.05. The number of hydrogen-bond donors (Lipinski definition) is 0. The van der Waals surface area contributed by atoms with Crippen molar-refractivity contribution >= 4 is 5.78 Å². The van der Waals surface area contributed by atoms with Crippen molar-refractivity contribution in [3.05, 3.63) is 12.2 Å². The number of rotatable bonds is 2. The second-order valence-electron chi connectivity index (χ2n) is 3.16. The molecule has 0 radical (unpaired) electrons. The summed E-state index contributed by atoms with van der Waals surface area (Å²) in [6, 6.07) is 0. The van der Waals surface area contributed by atoms with Crippen LogP contribution in [0.5, 0.6) is 0 Å². The molecule has 0 N–H and O–H groups in total. The molecule has 68 valence electrons. The number of Topliss-reactive ketones (excluding diaryl/α,β-unsaturated/α-hetero) is 1. The number of halogens is 3. The summed E-state index contributed by atoms with van der Waals surface area (Å²) < 4.78 is 35.7. The largest absolute Gasteiger partial charge is 0.419 e. The fraction of sp³-hybridized carbons (Fsp3) is 0.625. The third kappa shape index (κ3) is 1.68. The van der Waals surface area contributed by atoms with Gasteiger partial charge in [0.25, 0.3) is 0 Å². The maximum absolute atomic E-state index is 11.9. The number of allylic oxidation sites excluding steroid dienone is 1. The van der Waals surface area contributed by atoms with Crippen LogP contribution in [0.3, 0.4) is 0 Å². The van der Waals surface area contributed by atoms with E-state index < -0.39 is 23.5 Å². The van der Waals surface area contributed by atoms with Gasteiger partial charge < -0.3 is 0 Å². The molecule has 0 spiro atoms. The molecule has 12 heavy (non-hydrogen) atoms. The van der Waals surface area contributed by atoms with E-state index in [0.717, 1.165) is 0 Å². The Labute approximate surface area is 68.3 Å². The van der Waals surface area contributed by atoms with E-state index >= 15 is 0 Å². The molecule has 0 amide bonds. The molecule has 0 aromatic heterocycles. The Kier molecular flexibility index (Phi) is 2.02. The minimum atomic E-state index is -4.56. The first-order valence-electron chi connectivity index (χ1n) is 3.64. The lowest BCUT2D eigenvalue weighted by Crippen LogP contribution is -2.20. The van der Waals surface area contributed by atoms with Gasteiger partial charge in [-0.2, -0.15) is 13.2 Å². The lowest BCUT2D eigenvalue weighted by Gasteiger charge is -2.07. The van der Waals surface area contributed by atoms with Crippen LogP contribution in [0.15, 0.2) is 12.2 Å². The zero-order valence-electron chi connectivity index (χ0n) is 6.61. The molecule has 0 saturated heterocycles. The van der Waals surface area contributed by atoms with E-state index in [1.807, 2.05) is 0 Å². The molecule has 1 rings (SSSR count). The zero-order valence-corrected chi connectivity index (χ0v) is 6.61. The van der Waals surface area contributed by atoms with Gasteiger partial charge in [0.15, 0.2) is 5.78 Å². The van der Waals surface area contributed by atoms with Gasteiger partial charge in [-0.1, -0.05) is 13.5 Å². The fourth-order valence-electron chi connectivity index (χ4n) is 1.05. The highest BCUT2D eigenvalue weighted by Crippen LogP contribution is 2.42. The maximum Gasteiger partial charge on any atom is 0.419 e. The molecule has 1 saturated carbocycles. The van der Waals surface area contributed by atoms with E-state index in [0.29, 0.717) is 6.42 Å². The second kappa shape index (κ2) is 2.61. The van der Waals surface area contributed by atoms with Crippen molar-refractivity contribution in [3.63, 3.8) is 0 Å². The Morgan fingerprint density at radius 2 is 1.92 bits per heavy atom. The Hall–Kier alpha value is -0.800. The van der Waals surface area contributed by atoms with Crippen LogP contribution in [0.2, 0.25) is 0 Å². The third-order valence-electron chi connectivity index (χ3n) is 2.09. The monoisotopic (exact) mass is 178 g/mol. The lowest BCUT2D eigenvalue weighted by molar-refractivity contribution is -0.130. The van der Waals surface area contributed by atoms with Crippen molar-refractivity contribution in [2.24, 2.45) is 11.8 Å². The van der Waals surface area contributed by atoms with Gasteiger partial charge in [-0.15, -0.1) is 0 Å². The standard InChI is InChI=1S/C8H9F3O/c1-4-3-6(4)7(12)5(2)8(9,10)11/h4,6H,2-3H2,1H3. The van der Waals surface area contributed by atoms with E-state index in [9.17, 15) is 18.0 Å². The van der Waals surface area contributed by atoms with Crippen LogP contribution in [-0.2, 0) is 4.79 Å². The second-order valence-corrected chi connectivity index (χ2v) is 3.16. The summed E-state index contributed by atoms with van der Waals surface area (Å²) in [4.78, 5) is 10.9. The summed E-state index contributed by atoms with van der Waals surface area (Å²) in [5, 5.41) is 0. The molecular formula is C8H9F3O. The van der Waals surface area contributed by atoms with Crippen LogP contribution in [0, 0.1) is 11.8 Å². The van der Waals surface area contributed by atoms with E-state index in [-0.39, 0.29) is 5.92 Å². The molecule has 2 atom stereocenters. The van der Waals surface area contributed by atoms with Gasteiger partial charge in [-0.3, -0.25) is 4.79 Å². The predicted octanol–water partition coefficient (Wildman–Crippen LogP) is 2.33. The van der Waals surface area contributed by atoms with Crippen LogP contribution in [0.25, 0.3) is 0 Å². The SMILES string of the molecule is C=C(C(=O)C1CC1C)C(F)(F)F. The Morgan fingerprint density at radius 3 is 2.17 bits per heavy atom. The summed E-state index contributed by atoms with van der Waals surface area (Å²) in [5.41, 5.74) is -1.21. The van der Waals surface area contributed by atoms with E-state index in [1.54, 1.807) is 6.92 Å². The van der Waals surface area contributed by atoms with Crippen molar-refractivity contribution in [1.29, 1.82) is 0 Å². The van der Waals surface area contributed by atoms with Gasteiger partial charge >= 0.3 is 6.18 Å². The molecule has 0 aromatic carbocycles. The topological polar surface area (TPSA) is 17.1 Å². The van der Waals surface area contributed by atoms with Crippen LogP contribution >= 0.6 is 0 Å². The summed E-state index contributed by atoms with van der Waals surface area (Å²) in [6.45, 7) is 4.50. The average molecular weight is 178 g/mol. The van der Waals surface area contributed by atoms with Crippen LogP contribution < -0.4 is 0 Å². The van der Waals surface area contributed by atoms with Crippen LogP contribution in [0.4, 0.5) is 13.2 Å². The number of ketones is 1. The van der Waals surface area contributed by atoms with E-state index in [4.69, 9.17) is 0 Å². The normalized spacial score (nSPS) is 28.3. The van der Waals surface area contributed by atoms with Crippen molar-refractivity contribution in [1.82, 2.24) is 0 Å². The molecule has 0 aromatic rings. The van der Waals surface area contributed by atoms with Crippen molar-refractivity contribution in [2.75, 3.05) is 0 Å². The molecule has 0 aliphatic heterocycles. The van der Waals surface area contributed by atoms with Gasteiger partial charge in [-0.25, -0.2) is 0 Å². The molecule has 2 unspecified atom stereocenters. The van der Waals surface area contributed by atoms with Crippen molar-refractivity contribution in [3.8, 4) is 0 Å². The minimum Gasteiger partial charge on any atom is -0.294 e. The molecule has 0 heterocycles. The van der Waals surface area contributed by atoms with Crippen molar-refractivity contribution < 1.29 is 18.0 Å². The van der Waals surface area contributed by atoms with E-state index in [1.165, 1.54) is 0 Å². The zero-order chi connectivity index (χ0) is 9.52. The van der Waals surface area contributed by atoms with Crippen LogP contribution in [-0.4, -0.2) is 12.0 Å². The third-order valence-corrected chi connectivity index (χ3v) is 2.09. The summed E-state index contributed by atoms with van der Waals surface area (Å²) in [7, 11) is 0. The minimum absolute atomic E-state index is 0.0941. The first kappa shape index (κ1) is 9.29. The van der Waals surface area contributed by atoms with Gasteiger partial charge in [0.1, 0.15) is 0 Å². The lowest BCUT2D eigenvalue weighted by atomic mass is 10.1. The Balaban J connectivity index is 2.60. The number of carbonyl (C=O) groups is 1. The summed E-state index contributed by atoms with van der Waals surface area (Å²) >= 11 is 0. The predicted molar refractivity (Wildman–Crippen MR) is 37.5 cm³/mol. The molecule has 1 nitrogen and oxygen atoms in total. The Bertz CT molecular complexity index is 229. The molecular weight excluding hydrogens is 169 g/mol. The van der Waals surface area contributed by atoms with Crippen LogP contribution in [0.1, 0.15) is 13.3 Å². The highest BCUT2D eigenvalue weighted by atomic mass is 19.4. The molecule has 1 fully saturated rings. The first-order chi connectivity index (χ1) is 5.34. The van der Waals surface area contributed by atoms with E-state index in [2.05, 4.69) is 6.58 Å². The summed E-state index contributed by atoms with van der Waals surface area (Å²) in [5.74, 6) is -1.18. The number of carbonyl (C=O) groups excluding carboxylic acids is 1. The Morgan fingerprint density at radius 1 is 1.50 bits per heavy atom. The average Bonchev–Trinajstić information content (AvgIpc) is 2.62. The van der Waals surface area contributed by atoms with Gasteiger partial charge in [0.2, 0.25) is 0 Å². The maximum atomic E-state index is 11.9. The van der Waals surface area contributed by atoms with Gasteiger partial charge in [0.05, 0.1) is 5.57 Å². The molecule has 1 aliphatic rings. The highest BCUT2D eigenvalue weighted by molar-refractivity contribution is 5.99. The number of hydrogen-bond acceptors (Lipinski definition) is 1. The summed E-state index contributed by atoms with van der Waals surface area (Å²) in [6.07, 6.45) is -3.99. The molecule has 1 aliphatic carbocycles. The van der Waals surface area contributed by atoms with Gasteiger partial charge in [0, 0.05) is 5.92 Å². The quantitative estimate of drug-likeness (QED) is 0.593. The number of alkyl halides is 3. The highest BCUT2D eigenvalue weighted by Gasteiger charge is 2.46. The van der Waals surface area contributed by atoms with Crippen molar-refractivity contribution in [2.45, 2.75) is 19.5 Å². The molecule has 4 heteroatoms. The molecule has 0 bridgehead atoms.